The second kappa shape index (κ2) is 7.31. The summed E-state index contributed by atoms with van der Waals surface area (Å²) in [5.74, 6) is 1.04. The number of urea groups is 1. The van der Waals surface area contributed by atoms with E-state index in [1.54, 1.807) is 11.3 Å². The molecule has 1 aromatic heterocycles. The zero-order valence-electron chi connectivity index (χ0n) is 12.4. The number of amides is 2. The van der Waals surface area contributed by atoms with Crippen molar-refractivity contribution in [1.29, 1.82) is 0 Å². The number of hydrogen-bond donors (Lipinski definition) is 1. The highest BCUT2D eigenvalue weighted by Gasteiger charge is 2.28. The molecule has 1 fully saturated rings. The van der Waals surface area contributed by atoms with Crippen LogP contribution in [0.4, 0.5) is 4.79 Å². The van der Waals surface area contributed by atoms with E-state index in [-0.39, 0.29) is 6.03 Å². The summed E-state index contributed by atoms with van der Waals surface area (Å²) in [5.41, 5.74) is 1.09. The van der Waals surface area contributed by atoms with Crippen LogP contribution in [0.25, 0.3) is 0 Å². The summed E-state index contributed by atoms with van der Waals surface area (Å²) in [6, 6.07) is 0.398. The van der Waals surface area contributed by atoms with Crippen LogP contribution in [-0.2, 0) is 6.42 Å². The number of thiazole rings is 1. The molecular weight excluding hydrogens is 290 g/mol. The Morgan fingerprint density at radius 2 is 2.35 bits per heavy atom. The number of carbonyl (C=O) groups excluding carboxylic acids is 1. The maximum atomic E-state index is 12.2. The fourth-order valence-corrected chi connectivity index (χ4v) is 4.19. The van der Waals surface area contributed by atoms with Gasteiger partial charge in [-0.2, -0.15) is 11.8 Å². The first-order valence-corrected chi connectivity index (χ1v) is 9.08. The molecule has 1 aliphatic heterocycles. The molecule has 0 aromatic carbocycles. The van der Waals surface area contributed by atoms with Crippen molar-refractivity contribution in [1.82, 2.24) is 15.2 Å². The van der Waals surface area contributed by atoms with Crippen molar-refractivity contribution in [3.05, 3.63) is 16.1 Å². The van der Waals surface area contributed by atoms with E-state index in [1.807, 2.05) is 23.6 Å². The van der Waals surface area contributed by atoms with Gasteiger partial charge in [-0.1, -0.05) is 6.92 Å². The third-order valence-corrected chi connectivity index (χ3v) is 6.02. The van der Waals surface area contributed by atoms with Gasteiger partial charge in [0.2, 0.25) is 0 Å². The summed E-state index contributed by atoms with van der Waals surface area (Å²) in [5, 5.41) is 6.79. The molecule has 1 N–H and O–H groups in total. The fourth-order valence-electron chi connectivity index (χ4n) is 2.27. The van der Waals surface area contributed by atoms with Gasteiger partial charge in [0.15, 0.2) is 0 Å². The van der Waals surface area contributed by atoms with E-state index in [2.05, 4.69) is 29.5 Å². The van der Waals surface area contributed by atoms with Gasteiger partial charge in [-0.25, -0.2) is 9.78 Å². The number of rotatable bonds is 4. The number of aromatic nitrogens is 1. The van der Waals surface area contributed by atoms with Crippen LogP contribution in [0.5, 0.6) is 0 Å². The Hall–Kier alpha value is -0.750. The molecule has 0 saturated carbocycles. The Labute approximate surface area is 129 Å². The Morgan fingerprint density at radius 3 is 3.05 bits per heavy atom. The quantitative estimate of drug-likeness (QED) is 0.869. The first kappa shape index (κ1) is 15.6. The Kier molecular flexibility index (Phi) is 5.72. The molecule has 20 heavy (non-hydrogen) atoms. The molecule has 0 spiro atoms. The predicted molar refractivity (Wildman–Crippen MR) is 86.7 cm³/mol. The molecule has 0 unspecified atom stereocenters. The predicted octanol–water partition coefficient (Wildman–Crippen LogP) is 2.92. The molecule has 2 rings (SSSR count). The molecule has 0 bridgehead atoms. The minimum Gasteiger partial charge on any atom is -0.338 e. The maximum absolute atomic E-state index is 12.2. The summed E-state index contributed by atoms with van der Waals surface area (Å²) in [7, 11) is 0. The SMILES string of the molecule is Cc1csc(CCCNC(=O)N2CCS[C@H](C)[C@H]2C)n1. The minimum atomic E-state index is 0.0833. The summed E-state index contributed by atoms with van der Waals surface area (Å²) < 4.78 is 0. The lowest BCUT2D eigenvalue weighted by molar-refractivity contribution is 0.180. The average molecular weight is 313 g/mol. The molecule has 112 valence electrons. The van der Waals surface area contributed by atoms with Crippen molar-refractivity contribution < 1.29 is 4.79 Å². The van der Waals surface area contributed by atoms with E-state index in [1.165, 1.54) is 0 Å². The van der Waals surface area contributed by atoms with Crippen LogP contribution in [0.1, 0.15) is 31.0 Å². The van der Waals surface area contributed by atoms with E-state index >= 15 is 0 Å². The van der Waals surface area contributed by atoms with Gasteiger partial charge in [-0.05, 0) is 20.3 Å². The topological polar surface area (TPSA) is 45.2 Å². The van der Waals surface area contributed by atoms with Gasteiger partial charge >= 0.3 is 6.03 Å². The summed E-state index contributed by atoms with van der Waals surface area (Å²) in [4.78, 5) is 18.6. The average Bonchev–Trinajstić information content (AvgIpc) is 2.83. The zero-order valence-corrected chi connectivity index (χ0v) is 14.0. The monoisotopic (exact) mass is 313 g/mol. The molecule has 2 atom stereocenters. The highest BCUT2D eigenvalue weighted by molar-refractivity contribution is 8.00. The van der Waals surface area contributed by atoms with Gasteiger partial charge < -0.3 is 10.2 Å². The molecule has 4 nitrogen and oxygen atoms in total. The van der Waals surface area contributed by atoms with Gasteiger partial charge in [0, 0.05) is 47.6 Å². The van der Waals surface area contributed by atoms with Crippen LogP contribution in [0.3, 0.4) is 0 Å². The van der Waals surface area contributed by atoms with E-state index in [0.717, 1.165) is 42.4 Å². The van der Waals surface area contributed by atoms with Gasteiger partial charge in [0.05, 0.1) is 5.01 Å². The van der Waals surface area contributed by atoms with E-state index < -0.39 is 0 Å². The molecule has 2 amide bonds. The van der Waals surface area contributed by atoms with E-state index in [4.69, 9.17) is 0 Å². The Balaban J connectivity index is 1.69. The lowest BCUT2D eigenvalue weighted by Crippen LogP contribution is -2.52. The highest BCUT2D eigenvalue weighted by atomic mass is 32.2. The van der Waals surface area contributed by atoms with Crippen LogP contribution in [0.2, 0.25) is 0 Å². The number of nitrogens with zero attached hydrogens (tertiary/aromatic N) is 2. The Morgan fingerprint density at radius 1 is 1.55 bits per heavy atom. The van der Waals surface area contributed by atoms with Crippen molar-refractivity contribution in [3.63, 3.8) is 0 Å². The zero-order chi connectivity index (χ0) is 14.5. The van der Waals surface area contributed by atoms with E-state index in [9.17, 15) is 4.79 Å². The summed E-state index contributed by atoms with van der Waals surface area (Å²) >= 11 is 3.65. The number of carbonyl (C=O) groups is 1. The van der Waals surface area contributed by atoms with Crippen LogP contribution < -0.4 is 5.32 Å². The molecule has 6 heteroatoms. The molecule has 2 heterocycles. The lowest BCUT2D eigenvalue weighted by Gasteiger charge is -2.37. The standard InChI is InChI=1S/C14H23N3OS2/c1-10-9-20-13(16-10)5-4-6-15-14(18)17-7-8-19-12(3)11(17)2/h9,11-12H,4-8H2,1-3H3,(H,15,18)/t11-,12-/m1/s1. The van der Waals surface area contributed by atoms with Crippen molar-refractivity contribution in [2.24, 2.45) is 0 Å². The van der Waals surface area contributed by atoms with E-state index in [0.29, 0.717) is 11.3 Å². The van der Waals surface area contributed by atoms with Crippen molar-refractivity contribution in [2.45, 2.75) is 44.9 Å². The van der Waals surface area contributed by atoms with Crippen LogP contribution in [0.15, 0.2) is 5.38 Å². The number of nitrogens with one attached hydrogen (secondary N) is 1. The van der Waals surface area contributed by atoms with Crippen LogP contribution in [-0.4, -0.2) is 46.0 Å². The number of aryl methyl sites for hydroxylation is 2. The molecule has 1 aliphatic rings. The normalized spacial score (nSPS) is 22.9. The van der Waals surface area contributed by atoms with Gasteiger partial charge in [0.1, 0.15) is 0 Å². The first-order chi connectivity index (χ1) is 9.58. The second-order valence-electron chi connectivity index (χ2n) is 5.23. The number of hydrogen-bond acceptors (Lipinski definition) is 4. The van der Waals surface area contributed by atoms with Gasteiger partial charge in [-0.15, -0.1) is 11.3 Å². The van der Waals surface area contributed by atoms with Crippen LogP contribution >= 0.6 is 23.1 Å². The Bertz CT molecular complexity index is 449. The first-order valence-electron chi connectivity index (χ1n) is 7.15. The van der Waals surface area contributed by atoms with Crippen molar-refractivity contribution in [3.8, 4) is 0 Å². The van der Waals surface area contributed by atoms with Crippen LogP contribution in [0, 0.1) is 6.92 Å². The third kappa shape index (κ3) is 4.12. The summed E-state index contributed by atoms with van der Waals surface area (Å²) in [6.07, 6.45) is 1.89. The third-order valence-electron chi connectivity index (χ3n) is 3.65. The fraction of sp³-hybridized carbons (Fsp3) is 0.714. The van der Waals surface area contributed by atoms with Gasteiger partial charge in [-0.3, -0.25) is 0 Å². The number of thioether (sulfide) groups is 1. The molecular formula is C14H23N3OS2. The lowest BCUT2D eigenvalue weighted by atomic mass is 10.2. The molecule has 1 aromatic rings. The smallest absolute Gasteiger partial charge is 0.317 e. The van der Waals surface area contributed by atoms with Gasteiger partial charge in [0.25, 0.3) is 0 Å². The minimum absolute atomic E-state index is 0.0833. The maximum Gasteiger partial charge on any atom is 0.317 e. The largest absolute Gasteiger partial charge is 0.338 e. The second-order valence-corrected chi connectivity index (χ2v) is 7.66. The van der Waals surface area contributed by atoms with Crippen molar-refractivity contribution in [2.75, 3.05) is 18.8 Å². The molecule has 0 aliphatic carbocycles. The highest BCUT2D eigenvalue weighted by Crippen LogP contribution is 2.24. The molecule has 1 saturated heterocycles. The van der Waals surface area contributed by atoms with Crippen molar-refractivity contribution >= 4 is 29.1 Å². The summed E-state index contributed by atoms with van der Waals surface area (Å²) in [6.45, 7) is 7.92. The molecule has 0 radical (unpaired) electrons.